The maximum absolute atomic E-state index is 13.6. The van der Waals surface area contributed by atoms with Gasteiger partial charge in [0.05, 0.1) is 50.1 Å². The molecule has 314 valence electrons. The molecule has 0 radical (unpaired) electrons. The molecule has 5 heterocycles. The summed E-state index contributed by atoms with van der Waals surface area (Å²) in [4.78, 5) is 71.3. The highest BCUT2D eigenvalue weighted by Gasteiger charge is 2.39. The van der Waals surface area contributed by atoms with E-state index in [2.05, 4.69) is 69.1 Å². The first-order valence-electron chi connectivity index (χ1n) is 20.7. The van der Waals surface area contributed by atoms with Crippen molar-refractivity contribution in [3.8, 4) is 39.4 Å². The van der Waals surface area contributed by atoms with Crippen molar-refractivity contribution in [3.63, 3.8) is 0 Å². The molecule has 4 amide bonds. The van der Waals surface area contributed by atoms with Crippen LogP contribution >= 0.6 is 0 Å². The van der Waals surface area contributed by atoms with Crippen molar-refractivity contribution in [2.45, 2.75) is 84.2 Å². The van der Waals surface area contributed by atoms with E-state index in [4.69, 9.17) is 24.2 Å². The fourth-order valence-corrected chi connectivity index (χ4v) is 8.82. The van der Waals surface area contributed by atoms with Gasteiger partial charge in [-0.3, -0.25) is 9.59 Å². The van der Waals surface area contributed by atoms with Crippen LogP contribution in [0, 0.1) is 11.8 Å². The third-order valence-electron chi connectivity index (χ3n) is 12.0. The standard InChI is InChI=1S/C45H52N8O7/c1-24(2)37(50-44(56)58-5)42(54)52-17-7-9-35(52)40-46-21-33(48-40)27-13-15-31-26(19-27)11-16-32-30-14-12-28(20-29(30)23-60-39(31)32)34-22-47-41(49-34)36-10-8-18-53(36)43(55)38(25(3)4)51-45(57)59-6/h11-16,19-22,24-25,35-38H,7-10,17-18,23H2,1-6H3,(H,46,48)(H,47,49)(H,50,56)(H,51,57)/t35-,36-,37-,38-/m0/s1. The number of carbonyl (C=O) groups excluding carboxylic acids is 4. The number of rotatable bonds is 10. The zero-order chi connectivity index (χ0) is 42.2. The van der Waals surface area contributed by atoms with E-state index < -0.39 is 24.3 Å². The van der Waals surface area contributed by atoms with E-state index in [1.54, 1.807) is 0 Å². The van der Waals surface area contributed by atoms with Crippen LogP contribution in [0.3, 0.4) is 0 Å². The van der Waals surface area contributed by atoms with Gasteiger partial charge in [0.1, 0.15) is 36.1 Å². The summed E-state index contributed by atoms with van der Waals surface area (Å²) >= 11 is 0. The first-order valence-corrected chi connectivity index (χ1v) is 20.7. The minimum Gasteiger partial charge on any atom is -0.488 e. The van der Waals surface area contributed by atoms with Crippen molar-refractivity contribution >= 4 is 34.8 Å². The molecule has 0 spiro atoms. The Labute approximate surface area is 348 Å². The molecule has 0 bridgehead atoms. The minimum absolute atomic E-state index is 0.114. The summed E-state index contributed by atoms with van der Waals surface area (Å²) in [6.45, 7) is 9.18. The first-order chi connectivity index (χ1) is 28.9. The second kappa shape index (κ2) is 16.7. The van der Waals surface area contributed by atoms with E-state index in [0.717, 1.165) is 81.4 Å². The lowest BCUT2D eigenvalue weighted by Crippen LogP contribution is -2.51. The van der Waals surface area contributed by atoms with Crippen LogP contribution in [0.4, 0.5) is 9.59 Å². The zero-order valence-electron chi connectivity index (χ0n) is 34.8. The van der Waals surface area contributed by atoms with Gasteiger partial charge in [-0.15, -0.1) is 0 Å². The molecule has 2 saturated heterocycles. The number of fused-ring (bicyclic) bond motifs is 5. The number of alkyl carbamates (subject to hydrolysis) is 2. The Morgan fingerprint density at radius 1 is 0.717 bits per heavy atom. The Morgan fingerprint density at radius 2 is 1.23 bits per heavy atom. The number of imidazole rings is 2. The van der Waals surface area contributed by atoms with Crippen LogP contribution in [-0.2, 0) is 25.7 Å². The van der Waals surface area contributed by atoms with Gasteiger partial charge in [-0.05, 0) is 77.8 Å². The molecule has 0 unspecified atom stereocenters. The number of carbonyl (C=O) groups is 4. The predicted octanol–water partition coefficient (Wildman–Crippen LogP) is 7.27. The van der Waals surface area contributed by atoms with Gasteiger partial charge in [0.15, 0.2) is 0 Å². The van der Waals surface area contributed by atoms with E-state index in [1.165, 1.54) is 14.2 Å². The Balaban J connectivity index is 0.985. The molecule has 0 saturated carbocycles. The van der Waals surface area contributed by atoms with Crippen LogP contribution in [0.2, 0.25) is 0 Å². The van der Waals surface area contributed by atoms with Crippen LogP contribution in [0.25, 0.3) is 44.4 Å². The van der Waals surface area contributed by atoms with Gasteiger partial charge in [0, 0.05) is 29.6 Å². The fourth-order valence-electron chi connectivity index (χ4n) is 8.82. The molecule has 4 N–H and O–H groups in total. The number of aromatic nitrogens is 4. The van der Waals surface area contributed by atoms with Gasteiger partial charge in [-0.1, -0.05) is 58.0 Å². The SMILES string of the molecule is COC(=O)N[C@H](C(=O)N1CCC[C@H]1c1ncc(-c2ccc3c(c2)COc2c-3ccc3cc(-c4cnc([C@@H]5CCCN5C(=O)[C@@H](NC(=O)OC)C(C)C)[nH]4)ccc23)[nH]1)C(C)C. The highest BCUT2D eigenvalue weighted by molar-refractivity contribution is 5.98. The van der Waals surface area contributed by atoms with Gasteiger partial charge < -0.3 is 44.6 Å². The van der Waals surface area contributed by atoms with Crippen LogP contribution in [0.5, 0.6) is 5.75 Å². The Kier molecular flexibility index (Phi) is 11.2. The molecular formula is C45H52N8O7. The van der Waals surface area contributed by atoms with Gasteiger partial charge in [-0.2, -0.15) is 0 Å². The molecule has 8 rings (SSSR count). The summed E-state index contributed by atoms with van der Waals surface area (Å²) < 4.78 is 16.0. The summed E-state index contributed by atoms with van der Waals surface area (Å²) in [5, 5.41) is 7.44. The molecule has 0 aliphatic carbocycles. The highest BCUT2D eigenvalue weighted by Crippen LogP contribution is 2.44. The van der Waals surface area contributed by atoms with Crippen molar-refractivity contribution in [2.24, 2.45) is 11.8 Å². The molecule has 3 aromatic carbocycles. The quantitative estimate of drug-likeness (QED) is 0.113. The van der Waals surface area contributed by atoms with Gasteiger partial charge in [0.2, 0.25) is 11.8 Å². The summed E-state index contributed by atoms with van der Waals surface area (Å²) in [6.07, 6.45) is 5.59. The minimum atomic E-state index is -0.698. The highest BCUT2D eigenvalue weighted by atomic mass is 16.5. The molecule has 15 heteroatoms. The summed E-state index contributed by atoms with van der Waals surface area (Å²) in [5.74, 6) is 1.75. The number of likely N-dealkylation sites (tertiary alicyclic amines) is 2. The van der Waals surface area contributed by atoms with Crippen molar-refractivity contribution in [1.29, 1.82) is 0 Å². The lowest BCUT2D eigenvalue weighted by Gasteiger charge is -2.30. The van der Waals surface area contributed by atoms with E-state index in [0.29, 0.717) is 31.3 Å². The van der Waals surface area contributed by atoms with Crippen molar-refractivity contribution in [2.75, 3.05) is 27.3 Å². The number of nitrogens with zero attached hydrogens (tertiary/aromatic N) is 4. The number of ether oxygens (including phenoxy) is 3. The smallest absolute Gasteiger partial charge is 0.407 e. The van der Waals surface area contributed by atoms with Crippen molar-refractivity contribution in [1.82, 2.24) is 40.4 Å². The number of hydrogen-bond acceptors (Lipinski definition) is 9. The largest absolute Gasteiger partial charge is 0.488 e. The molecule has 2 fully saturated rings. The average molecular weight is 817 g/mol. The normalized spacial score (nSPS) is 18.2. The molecule has 15 nitrogen and oxygen atoms in total. The molecule has 5 aromatic rings. The average Bonchev–Trinajstić information content (AvgIpc) is 4.10. The Hall–Kier alpha value is -6.38. The number of aromatic amines is 2. The predicted molar refractivity (Wildman–Crippen MR) is 225 cm³/mol. The molecule has 3 aliphatic rings. The van der Waals surface area contributed by atoms with E-state index in [1.807, 2.05) is 49.9 Å². The van der Waals surface area contributed by atoms with E-state index in [9.17, 15) is 19.2 Å². The third kappa shape index (κ3) is 7.64. The first kappa shape index (κ1) is 40.4. The van der Waals surface area contributed by atoms with Crippen LogP contribution in [0.1, 0.15) is 82.7 Å². The summed E-state index contributed by atoms with van der Waals surface area (Å²) in [5.41, 5.74) is 6.81. The lowest BCUT2D eigenvalue weighted by molar-refractivity contribution is -0.136. The topological polar surface area (TPSA) is 184 Å². The second-order valence-corrected chi connectivity index (χ2v) is 16.5. The monoisotopic (exact) mass is 816 g/mol. The third-order valence-corrected chi connectivity index (χ3v) is 12.0. The zero-order valence-corrected chi connectivity index (χ0v) is 34.8. The Bertz CT molecular complexity index is 2440. The fraction of sp³-hybridized carbons (Fsp3) is 0.422. The molecule has 60 heavy (non-hydrogen) atoms. The Morgan fingerprint density at radius 3 is 1.77 bits per heavy atom. The molecule has 3 aliphatic heterocycles. The second-order valence-electron chi connectivity index (χ2n) is 16.5. The maximum Gasteiger partial charge on any atom is 0.407 e. The molecule has 4 atom stereocenters. The summed E-state index contributed by atoms with van der Waals surface area (Å²) in [6, 6.07) is 15.0. The lowest BCUT2D eigenvalue weighted by atomic mass is 9.92. The van der Waals surface area contributed by atoms with Crippen molar-refractivity contribution in [3.05, 3.63) is 78.1 Å². The number of benzene rings is 3. The number of H-pyrrole nitrogens is 2. The number of hydrogen-bond donors (Lipinski definition) is 4. The number of methoxy groups -OCH3 is 2. The number of nitrogens with one attached hydrogen (secondary N) is 4. The summed E-state index contributed by atoms with van der Waals surface area (Å²) in [7, 11) is 2.58. The van der Waals surface area contributed by atoms with Gasteiger partial charge in [0.25, 0.3) is 0 Å². The van der Waals surface area contributed by atoms with E-state index >= 15 is 0 Å². The van der Waals surface area contributed by atoms with Crippen LogP contribution < -0.4 is 15.4 Å². The number of amides is 4. The van der Waals surface area contributed by atoms with Crippen LogP contribution in [-0.4, -0.2) is 93.1 Å². The maximum atomic E-state index is 13.6. The van der Waals surface area contributed by atoms with Gasteiger partial charge >= 0.3 is 12.2 Å². The van der Waals surface area contributed by atoms with Gasteiger partial charge in [-0.25, -0.2) is 19.6 Å². The van der Waals surface area contributed by atoms with E-state index in [-0.39, 0.29) is 35.7 Å². The molecule has 2 aromatic heterocycles. The molecular weight excluding hydrogens is 765 g/mol. The van der Waals surface area contributed by atoms with Crippen molar-refractivity contribution < 1.29 is 33.4 Å². The van der Waals surface area contributed by atoms with Crippen LogP contribution in [0.15, 0.2) is 60.9 Å².